The van der Waals surface area contributed by atoms with Crippen molar-refractivity contribution in [3.63, 3.8) is 0 Å². The first-order valence-electron chi connectivity index (χ1n) is 12.7. The number of carbonyl (C=O) groups is 1. The van der Waals surface area contributed by atoms with Crippen molar-refractivity contribution in [1.29, 1.82) is 0 Å². The number of amides is 1. The molecule has 1 atom stereocenters. The van der Waals surface area contributed by atoms with E-state index in [9.17, 15) is 13.6 Å². The molecule has 0 fully saturated rings. The third-order valence-electron chi connectivity index (χ3n) is 5.21. The summed E-state index contributed by atoms with van der Waals surface area (Å²) in [7, 11) is 1.00. The average molecular weight is 523 g/mol. The van der Waals surface area contributed by atoms with Gasteiger partial charge in [0.2, 0.25) is 0 Å². The van der Waals surface area contributed by atoms with Gasteiger partial charge in [-0.3, -0.25) is 0 Å². The van der Waals surface area contributed by atoms with E-state index in [4.69, 9.17) is 14.6 Å². The molecule has 2 aromatic carbocycles. The van der Waals surface area contributed by atoms with Gasteiger partial charge in [0.05, 0.1) is 12.7 Å². The first-order chi connectivity index (χ1) is 17.4. The van der Waals surface area contributed by atoms with Gasteiger partial charge in [0.15, 0.2) is 0 Å². The van der Waals surface area contributed by atoms with Crippen LogP contribution in [0.3, 0.4) is 0 Å². The number of hydrogen-bond acceptors (Lipinski definition) is 5. The van der Waals surface area contributed by atoms with Crippen molar-refractivity contribution in [2.24, 2.45) is 5.41 Å². The highest BCUT2D eigenvalue weighted by atomic mass is 19.1. The molecule has 37 heavy (non-hydrogen) atoms. The fraction of sp³-hybridized carbons (Fsp3) is 0.552. The van der Waals surface area contributed by atoms with Crippen LogP contribution in [0.2, 0.25) is 0 Å². The minimum absolute atomic E-state index is 0.0887. The second kappa shape index (κ2) is 16.2. The van der Waals surface area contributed by atoms with Gasteiger partial charge >= 0.3 is 6.09 Å². The number of nitrogens with one attached hydrogen (secondary N) is 2. The van der Waals surface area contributed by atoms with Gasteiger partial charge in [-0.1, -0.05) is 32.9 Å². The van der Waals surface area contributed by atoms with Crippen LogP contribution in [0.15, 0.2) is 36.4 Å². The Morgan fingerprint density at radius 1 is 1.11 bits per heavy atom. The second-order valence-electron chi connectivity index (χ2n) is 10.4. The van der Waals surface area contributed by atoms with Crippen molar-refractivity contribution in [1.82, 2.24) is 10.6 Å². The monoisotopic (exact) mass is 522 g/mol. The number of halogens is 2. The summed E-state index contributed by atoms with van der Waals surface area (Å²) < 4.78 is 35.3. The Morgan fingerprint density at radius 3 is 2.32 bits per heavy atom. The zero-order valence-electron chi connectivity index (χ0n) is 23.3. The molecule has 1 heterocycles. The Hall–Kier alpha value is -2.71. The number of benzene rings is 2. The summed E-state index contributed by atoms with van der Waals surface area (Å²) in [5, 5.41) is 13.4. The molecule has 0 bridgehead atoms. The van der Waals surface area contributed by atoms with E-state index in [1.54, 1.807) is 6.92 Å². The smallest absolute Gasteiger partial charge is 0.407 e. The van der Waals surface area contributed by atoms with Crippen LogP contribution in [0, 0.1) is 24.0 Å². The normalized spacial score (nSPS) is 14.3. The van der Waals surface area contributed by atoms with E-state index in [0.29, 0.717) is 18.2 Å². The maximum absolute atomic E-state index is 12.2. The highest BCUT2D eigenvalue weighted by Crippen LogP contribution is 2.34. The van der Waals surface area contributed by atoms with Gasteiger partial charge in [0, 0.05) is 37.7 Å². The predicted octanol–water partition coefficient (Wildman–Crippen LogP) is 6.09. The molecule has 0 saturated heterocycles. The van der Waals surface area contributed by atoms with E-state index in [1.165, 1.54) is 23.3 Å². The number of aryl methyl sites for hydroxylation is 1. The van der Waals surface area contributed by atoms with Crippen molar-refractivity contribution in [3.8, 4) is 5.75 Å². The van der Waals surface area contributed by atoms with Crippen molar-refractivity contribution in [2.45, 2.75) is 73.0 Å². The van der Waals surface area contributed by atoms with Crippen LogP contribution in [0.5, 0.6) is 5.75 Å². The fourth-order valence-electron chi connectivity index (χ4n) is 3.88. The molecule has 3 N–H and O–H groups in total. The average Bonchev–Trinajstić information content (AvgIpc) is 2.78. The van der Waals surface area contributed by atoms with Crippen molar-refractivity contribution in [3.05, 3.63) is 64.7 Å². The van der Waals surface area contributed by atoms with Crippen LogP contribution >= 0.6 is 0 Å². The molecule has 1 aliphatic heterocycles. The van der Waals surface area contributed by atoms with E-state index in [0.717, 1.165) is 51.3 Å². The molecule has 2 aromatic rings. The first kappa shape index (κ1) is 32.3. The largest absolute Gasteiger partial charge is 0.493 e. The SMILES string of the molecule is CC(C)OC(=O)NCCCN[C@H]1CCOc2ccc(CC(C)(C)C)cc21.CO.Cc1cc(F)cc(F)c1. The topological polar surface area (TPSA) is 79.8 Å². The summed E-state index contributed by atoms with van der Waals surface area (Å²) in [5.74, 6) is -0.0509. The molecule has 0 aromatic heterocycles. The van der Waals surface area contributed by atoms with Crippen molar-refractivity contribution < 1.29 is 28.2 Å². The number of ether oxygens (including phenoxy) is 2. The number of alkyl carbamates (subject to hydrolysis) is 1. The minimum Gasteiger partial charge on any atom is -0.493 e. The molecule has 3 rings (SSSR count). The molecular weight excluding hydrogens is 478 g/mol. The van der Waals surface area contributed by atoms with Crippen LogP contribution in [0.4, 0.5) is 13.6 Å². The molecule has 0 aliphatic carbocycles. The number of rotatable bonds is 7. The molecule has 0 saturated carbocycles. The zero-order valence-corrected chi connectivity index (χ0v) is 23.3. The quantitative estimate of drug-likeness (QED) is 0.383. The Balaban J connectivity index is 0.000000519. The van der Waals surface area contributed by atoms with Gasteiger partial charge < -0.3 is 25.2 Å². The van der Waals surface area contributed by atoms with Crippen LogP contribution < -0.4 is 15.4 Å². The van der Waals surface area contributed by atoms with Gasteiger partial charge in [0.25, 0.3) is 0 Å². The lowest BCUT2D eigenvalue weighted by atomic mass is 9.86. The summed E-state index contributed by atoms with van der Waals surface area (Å²) in [4.78, 5) is 11.5. The predicted molar refractivity (Wildman–Crippen MR) is 144 cm³/mol. The number of carbonyl (C=O) groups excluding carboxylic acids is 1. The summed E-state index contributed by atoms with van der Waals surface area (Å²) in [6.45, 7) is 14.3. The Kier molecular flexibility index (Phi) is 14.1. The van der Waals surface area contributed by atoms with E-state index in [1.807, 2.05) is 13.8 Å². The van der Waals surface area contributed by atoms with Gasteiger partial charge in [-0.05, 0) is 74.9 Å². The Morgan fingerprint density at radius 2 is 1.76 bits per heavy atom. The fourth-order valence-corrected chi connectivity index (χ4v) is 3.88. The maximum atomic E-state index is 12.2. The lowest BCUT2D eigenvalue weighted by Gasteiger charge is -2.28. The summed E-state index contributed by atoms with van der Waals surface area (Å²) in [6.07, 6.45) is 2.45. The summed E-state index contributed by atoms with van der Waals surface area (Å²) in [5.41, 5.74) is 3.48. The molecule has 1 amide bonds. The van der Waals surface area contributed by atoms with E-state index < -0.39 is 11.6 Å². The highest BCUT2D eigenvalue weighted by Gasteiger charge is 2.22. The van der Waals surface area contributed by atoms with Crippen LogP contribution in [-0.2, 0) is 11.2 Å². The van der Waals surface area contributed by atoms with Gasteiger partial charge in [-0.2, -0.15) is 0 Å². The summed E-state index contributed by atoms with van der Waals surface area (Å²) in [6, 6.07) is 10.3. The molecule has 6 nitrogen and oxygen atoms in total. The van der Waals surface area contributed by atoms with Crippen LogP contribution in [0.1, 0.15) is 70.2 Å². The lowest BCUT2D eigenvalue weighted by molar-refractivity contribution is 0.115. The van der Waals surface area contributed by atoms with Gasteiger partial charge in [-0.25, -0.2) is 13.6 Å². The molecule has 208 valence electrons. The molecule has 1 aliphatic rings. The van der Waals surface area contributed by atoms with Crippen LogP contribution in [0.25, 0.3) is 0 Å². The van der Waals surface area contributed by atoms with E-state index >= 15 is 0 Å². The highest BCUT2D eigenvalue weighted by molar-refractivity contribution is 5.67. The Labute approximate surface area is 220 Å². The zero-order chi connectivity index (χ0) is 28.0. The second-order valence-corrected chi connectivity index (χ2v) is 10.4. The Bertz CT molecular complexity index is 911. The van der Waals surface area contributed by atoms with Crippen molar-refractivity contribution in [2.75, 3.05) is 26.8 Å². The van der Waals surface area contributed by atoms with Gasteiger partial charge in [0.1, 0.15) is 17.4 Å². The minimum atomic E-state index is -0.521. The standard InChI is InChI=1S/C21H34N2O3.C7H6F2.CH4O/c1-15(2)26-20(24)23-11-6-10-22-18-9-12-25-19-8-7-16(13-17(18)19)14-21(3,4)5;1-5-2-6(8)4-7(9)3-5;1-2/h7-8,13,15,18,22H,6,9-12,14H2,1-5H3,(H,23,24);2-4H,1H3;2H,1H3/t18-;;/m0../s1. The molecule has 0 radical (unpaired) electrons. The lowest BCUT2D eigenvalue weighted by Crippen LogP contribution is -2.32. The number of aliphatic hydroxyl groups is 1. The third-order valence-corrected chi connectivity index (χ3v) is 5.21. The third kappa shape index (κ3) is 13.4. The first-order valence-corrected chi connectivity index (χ1v) is 12.7. The number of fused-ring (bicyclic) bond motifs is 1. The van der Waals surface area contributed by atoms with E-state index in [-0.39, 0.29) is 17.6 Å². The molecular formula is C29H44F2N2O4. The molecule has 0 spiro atoms. The summed E-state index contributed by atoms with van der Waals surface area (Å²) >= 11 is 0. The van der Waals surface area contributed by atoms with E-state index in [2.05, 4.69) is 49.6 Å². The molecule has 8 heteroatoms. The maximum Gasteiger partial charge on any atom is 0.407 e. The number of aliphatic hydroxyl groups excluding tert-OH is 1. The van der Waals surface area contributed by atoms with Crippen LogP contribution in [-0.4, -0.2) is 44.1 Å². The number of hydrogen-bond donors (Lipinski definition) is 3. The van der Waals surface area contributed by atoms with Gasteiger partial charge in [-0.15, -0.1) is 0 Å². The van der Waals surface area contributed by atoms with Crippen molar-refractivity contribution >= 4 is 6.09 Å². The molecule has 0 unspecified atom stereocenters.